The first-order valence-corrected chi connectivity index (χ1v) is 7.92. The molecule has 0 bridgehead atoms. The highest BCUT2D eigenvalue weighted by atomic mass is 35.5. The third-order valence-electron chi connectivity index (χ3n) is 3.57. The standard InChI is InChI=1S/C18H20Cl2O/c1-12(2)15-6-3-13(4-7-15)9-16(21)10-14-5-8-17(19)18(20)11-14/h3-8,11-12,16,21H,9-10H2,1-2H3. The Bertz CT molecular complexity index is 591. The highest BCUT2D eigenvalue weighted by Gasteiger charge is 2.09. The van der Waals surface area contributed by atoms with Crippen LogP contribution >= 0.6 is 23.2 Å². The van der Waals surface area contributed by atoms with Crippen molar-refractivity contribution in [2.24, 2.45) is 0 Å². The maximum Gasteiger partial charge on any atom is 0.0620 e. The Morgan fingerprint density at radius 3 is 2.00 bits per heavy atom. The Labute approximate surface area is 136 Å². The Morgan fingerprint density at radius 1 is 0.857 bits per heavy atom. The summed E-state index contributed by atoms with van der Waals surface area (Å²) in [6.45, 7) is 4.35. The SMILES string of the molecule is CC(C)c1ccc(CC(O)Cc2ccc(Cl)c(Cl)c2)cc1. The number of benzene rings is 2. The minimum atomic E-state index is -0.424. The summed E-state index contributed by atoms with van der Waals surface area (Å²) >= 11 is 11.9. The average Bonchev–Trinajstić information content (AvgIpc) is 2.43. The highest BCUT2D eigenvalue weighted by Crippen LogP contribution is 2.23. The predicted molar refractivity (Wildman–Crippen MR) is 90.4 cm³/mol. The molecule has 2 aromatic carbocycles. The fourth-order valence-electron chi connectivity index (χ4n) is 2.32. The van der Waals surface area contributed by atoms with Gasteiger partial charge in [-0.05, 0) is 47.6 Å². The summed E-state index contributed by atoms with van der Waals surface area (Å²) in [5.41, 5.74) is 3.46. The van der Waals surface area contributed by atoms with E-state index in [0.29, 0.717) is 28.8 Å². The maximum atomic E-state index is 10.2. The molecule has 1 nitrogen and oxygen atoms in total. The van der Waals surface area contributed by atoms with Gasteiger partial charge in [-0.15, -0.1) is 0 Å². The van der Waals surface area contributed by atoms with Crippen LogP contribution in [0.3, 0.4) is 0 Å². The van der Waals surface area contributed by atoms with E-state index in [-0.39, 0.29) is 0 Å². The molecule has 0 saturated carbocycles. The summed E-state index contributed by atoms with van der Waals surface area (Å²) in [4.78, 5) is 0. The first-order valence-electron chi connectivity index (χ1n) is 7.16. The van der Waals surface area contributed by atoms with Gasteiger partial charge in [0.2, 0.25) is 0 Å². The molecule has 1 unspecified atom stereocenters. The third kappa shape index (κ3) is 4.74. The van der Waals surface area contributed by atoms with E-state index in [2.05, 4.69) is 38.1 Å². The van der Waals surface area contributed by atoms with Gasteiger partial charge in [0.15, 0.2) is 0 Å². The molecule has 2 aromatic rings. The molecule has 0 radical (unpaired) electrons. The van der Waals surface area contributed by atoms with Gasteiger partial charge in [-0.3, -0.25) is 0 Å². The second-order valence-corrected chi connectivity index (χ2v) is 6.52. The highest BCUT2D eigenvalue weighted by molar-refractivity contribution is 6.42. The van der Waals surface area contributed by atoms with Crippen LogP contribution in [0.25, 0.3) is 0 Å². The second-order valence-electron chi connectivity index (χ2n) is 5.71. The molecular formula is C18H20Cl2O. The molecule has 0 fully saturated rings. The van der Waals surface area contributed by atoms with Gasteiger partial charge in [0.25, 0.3) is 0 Å². The zero-order chi connectivity index (χ0) is 15.4. The summed E-state index contributed by atoms with van der Waals surface area (Å²) in [5, 5.41) is 11.3. The van der Waals surface area contributed by atoms with Crippen LogP contribution in [0.5, 0.6) is 0 Å². The Kier molecular flexibility index (Phi) is 5.69. The normalized spacial score (nSPS) is 12.7. The van der Waals surface area contributed by atoms with Crippen molar-refractivity contribution in [2.45, 2.75) is 38.7 Å². The lowest BCUT2D eigenvalue weighted by Gasteiger charge is -2.12. The van der Waals surface area contributed by atoms with Crippen molar-refractivity contribution in [3.63, 3.8) is 0 Å². The fourth-order valence-corrected chi connectivity index (χ4v) is 2.64. The summed E-state index contributed by atoms with van der Waals surface area (Å²) in [6.07, 6.45) is 0.786. The van der Waals surface area contributed by atoms with Gasteiger partial charge in [-0.25, -0.2) is 0 Å². The van der Waals surface area contributed by atoms with E-state index in [1.54, 1.807) is 6.07 Å². The van der Waals surface area contributed by atoms with E-state index >= 15 is 0 Å². The Morgan fingerprint density at radius 2 is 1.43 bits per heavy atom. The number of hydrogen-bond acceptors (Lipinski definition) is 1. The van der Waals surface area contributed by atoms with Crippen LogP contribution in [0.4, 0.5) is 0 Å². The van der Waals surface area contributed by atoms with Crippen LogP contribution in [0, 0.1) is 0 Å². The summed E-state index contributed by atoms with van der Waals surface area (Å²) in [7, 11) is 0. The van der Waals surface area contributed by atoms with Crippen molar-refractivity contribution in [3.05, 3.63) is 69.2 Å². The fraction of sp³-hybridized carbons (Fsp3) is 0.333. The van der Waals surface area contributed by atoms with Crippen LogP contribution in [0.15, 0.2) is 42.5 Å². The first-order chi connectivity index (χ1) is 9.95. The predicted octanol–water partition coefficient (Wildman–Crippen LogP) is 5.26. The molecule has 0 aliphatic carbocycles. The van der Waals surface area contributed by atoms with Gasteiger partial charge in [0, 0.05) is 0 Å². The maximum absolute atomic E-state index is 10.2. The van der Waals surface area contributed by atoms with Crippen LogP contribution in [0.1, 0.15) is 36.5 Å². The molecule has 0 aliphatic heterocycles. The Hall–Kier alpha value is -1.02. The van der Waals surface area contributed by atoms with Crippen LogP contribution in [-0.4, -0.2) is 11.2 Å². The minimum Gasteiger partial charge on any atom is -0.392 e. The van der Waals surface area contributed by atoms with Gasteiger partial charge in [-0.2, -0.15) is 0 Å². The molecule has 0 aliphatic rings. The van der Waals surface area contributed by atoms with Crippen LogP contribution in [0.2, 0.25) is 10.0 Å². The zero-order valence-electron chi connectivity index (χ0n) is 12.3. The number of rotatable bonds is 5. The molecule has 1 atom stereocenters. The minimum absolute atomic E-state index is 0.424. The number of aliphatic hydroxyl groups excluding tert-OH is 1. The smallest absolute Gasteiger partial charge is 0.0620 e. The van der Waals surface area contributed by atoms with Crippen molar-refractivity contribution in [1.82, 2.24) is 0 Å². The van der Waals surface area contributed by atoms with Crippen molar-refractivity contribution in [2.75, 3.05) is 0 Å². The molecule has 0 aromatic heterocycles. The molecule has 3 heteroatoms. The van der Waals surface area contributed by atoms with E-state index in [1.807, 2.05) is 12.1 Å². The molecule has 0 heterocycles. The molecular weight excluding hydrogens is 303 g/mol. The molecule has 112 valence electrons. The number of aliphatic hydroxyl groups is 1. The van der Waals surface area contributed by atoms with Crippen LogP contribution in [-0.2, 0) is 12.8 Å². The molecule has 21 heavy (non-hydrogen) atoms. The Balaban J connectivity index is 1.97. The van der Waals surface area contributed by atoms with E-state index < -0.39 is 6.10 Å². The van der Waals surface area contributed by atoms with Gasteiger partial charge in [0.05, 0.1) is 16.1 Å². The van der Waals surface area contributed by atoms with Gasteiger partial charge >= 0.3 is 0 Å². The molecule has 0 spiro atoms. The zero-order valence-corrected chi connectivity index (χ0v) is 13.8. The van der Waals surface area contributed by atoms with Crippen molar-refractivity contribution in [3.8, 4) is 0 Å². The monoisotopic (exact) mass is 322 g/mol. The van der Waals surface area contributed by atoms with E-state index in [4.69, 9.17) is 23.2 Å². The average molecular weight is 323 g/mol. The number of hydrogen-bond donors (Lipinski definition) is 1. The summed E-state index contributed by atoms with van der Waals surface area (Å²) < 4.78 is 0. The third-order valence-corrected chi connectivity index (χ3v) is 4.31. The second kappa shape index (κ2) is 7.31. The van der Waals surface area contributed by atoms with E-state index in [0.717, 1.165) is 11.1 Å². The van der Waals surface area contributed by atoms with Gasteiger partial charge in [-0.1, -0.05) is 67.4 Å². The first kappa shape index (κ1) is 16.4. The van der Waals surface area contributed by atoms with Gasteiger partial charge in [0.1, 0.15) is 0 Å². The van der Waals surface area contributed by atoms with Crippen molar-refractivity contribution >= 4 is 23.2 Å². The lowest BCUT2D eigenvalue weighted by molar-refractivity contribution is 0.175. The molecule has 0 saturated heterocycles. The lowest BCUT2D eigenvalue weighted by atomic mass is 9.98. The van der Waals surface area contributed by atoms with Crippen molar-refractivity contribution < 1.29 is 5.11 Å². The largest absolute Gasteiger partial charge is 0.392 e. The van der Waals surface area contributed by atoms with E-state index in [9.17, 15) is 5.11 Å². The lowest BCUT2D eigenvalue weighted by Crippen LogP contribution is -2.14. The molecule has 1 N–H and O–H groups in total. The molecule has 0 amide bonds. The summed E-state index contributed by atoms with van der Waals surface area (Å²) in [5.74, 6) is 0.528. The van der Waals surface area contributed by atoms with E-state index in [1.165, 1.54) is 5.56 Å². The molecule has 2 rings (SSSR count). The summed E-state index contributed by atoms with van der Waals surface area (Å²) in [6, 6.07) is 13.9. The quantitative estimate of drug-likeness (QED) is 0.795. The topological polar surface area (TPSA) is 20.2 Å². The van der Waals surface area contributed by atoms with Crippen LogP contribution < -0.4 is 0 Å². The van der Waals surface area contributed by atoms with Gasteiger partial charge < -0.3 is 5.11 Å². The van der Waals surface area contributed by atoms with Crippen molar-refractivity contribution in [1.29, 1.82) is 0 Å². The number of halogens is 2.